The number of aromatic amines is 1. The molecule has 4 rings (SSSR count). The topological polar surface area (TPSA) is 109 Å². The van der Waals surface area contributed by atoms with Gasteiger partial charge >= 0.3 is 6.09 Å². The van der Waals surface area contributed by atoms with Gasteiger partial charge in [0.25, 0.3) is 5.91 Å². The second kappa shape index (κ2) is 10.4. The number of fused-ring (bicyclic) bond motifs is 2. The van der Waals surface area contributed by atoms with Gasteiger partial charge in [0.15, 0.2) is 0 Å². The van der Waals surface area contributed by atoms with Crippen LogP contribution in [0.3, 0.4) is 0 Å². The molecule has 0 spiro atoms. The highest BCUT2D eigenvalue weighted by molar-refractivity contribution is 6.11. The standard InChI is InChI=1S/C31H41N3O4/c1-7-9-23-25(14-16-31(5,6)37)33-27-24(28(32)35)13-12-22(26(23)27)21-11-8-10-19-18-34(17-15-20(19)21)29(36)38-30(2,3)4/h8,10-13,33,37H,7,9,14-18H2,1-6H3,(H2,32,35). The van der Waals surface area contributed by atoms with E-state index in [1.807, 2.05) is 46.8 Å². The summed E-state index contributed by atoms with van der Waals surface area (Å²) in [7, 11) is 0. The summed E-state index contributed by atoms with van der Waals surface area (Å²) in [4.78, 5) is 30.4. The van der Waals surface area contributed by atoms with Crippen LogP contribution in [-0.4, -0.2) is 44.7 Å². The molecule has 1 aliphatic rings. The minimum absolute atomic E-state index is 0.297. The Hall–Kier alpha value is -3.32. The smallest absolute Gasteiger partial charge is 0.410 e. The lowest BCUT2D eigenvalue weighted by Crippen LogP contribution is -2.40. The maximum absolute atomic E-state index is 12.7. The van der Waals surface area contributed by atoms with E-state index in [1.165, 1.54) is 11.1 Å². The highest BCUT2D eigenvalue weighted by Crippen LogP contribution is 2.39. The van der Waals surface area contributed by atoms with E-state index in [4.69, 9.17) is 10.5 Å². The van der Waals surface area contributed by atoms with Gasteiger partial charge in [-0.25, -0.2) is 4.79 Å². The van der Waals surface area contributed by atoms with Gasteiger partial charge in [0.1, 0.15) is 5.60 Å². The molecule has 4 N–H and O–H groups in total. The van der Waals surface area contributed by atoms with E-state index < -0.39 is 17.1 Å². The van der Waals surface area contributed by atoms with Crippen molar-refractivity contribution in [2.75, 3.05) is 6.54 Å². The Labute approximate surface area is 225 Å². The van der Waals surface area contributed by atoms with Crippen LogP contribution in [0.1, 0.15) is 87.1 Å². The molecule has 204 valence electrons. The Bertz CT molecular complexity index is 1360. The van der Waals surface area contributed by atoms with Crippen LogP contribution in [0.15, 0.2) is 30.3 Å². The molecule has 0 unspecified atom stereocenters. The molecule has 3 aromatic rings. The third-order valence-corrected chi connectivity index (χ3v) is 7.11. The van der Waals surface area contributed by atoms with Crippen molar-refractivity contribution in [1.82, 2.24) is 9.88 Å². The number of H-pyrrole nitrogens is 1. The Morgan fingerprint density at radius 1 is 1.08 bits per heavy atom. The number of nitrogens with one attached hydrogen (secondary N) is 1. The van der Waals surface area contributed by atoms with Gasteiger partial charge in [-0.1, -0.05) is 37.6 Å². The monoisotopic (exact) mass is 519 g/mol. The Morgan fingerprint density at radius 3 is 2.45 bits per heavy atom. The minimum atomic E-state index is -0.797. The third kappa shape index (κ3) is 5.88. The lowest BCUT2D eigenvalue weighted by Gasteiger charge is -2.32. The average molecular weight is 520 g/mol. The zero-order chi connectivity index (χ0) is 27.8. The number of aromatic nitrogens is 1. The molecule has 0 fully saturated rings. The zero-order valence-electron chi connectivity index (χ0n) is 23.5. The van der Waals surface area contributed by atoms with Crippen molar-refractivity contribution >= 4 is 22.9 Å². The van der Waals surface area contributed by atoms with Crippen LogP contribution in [0.2, 0.25) is 0 Å². The number of hydrogen-bond acceptors (Lipinski definition) is 4. The summed E-state index contributed by atoms with van der Waals surface area (Å²) in [6, 6.07) is 10.0. The first kappa shape index (κ1) is 27.7. The van der Waals surface area contributed by atoms with Crippen molar-refractivity contribution in [3.05, 3.63) is 58.3 Å². The van der Waals surface area contributed by atoms with Gasteiger partial charge in [0.2, 0.25) is 0 Å². The van der Waals surface area contributed by atoms with Gasteiger partial charge in [-0.2, -0.15) is 0 Å². The normalized spacial score (nSPS) is 14.0. The zero-order valence-corrected chi connectivity index (χ0v) is 23.5. The molecule has 1 aromatic heterocycles. The summed E-state index contributed by atoms with van der Waals surface area (Å²) in [5.74, 6) is -0.469. The first-order chi connectivity index (χ1) is 17.8. The van der Waals surface area contributed by atoms with Gasteiger partial charge in [0.05, 0.1) is 16.7 Å². The molecule has 0 atom stereocenters. The van der Waals surface area contributed by atoms with Crippen molar-refractivity contribution in [3.63, 3.8) is 0 Å². The number of rotatable bonds is 7. The van der Waals surface area contributed by atoms with E-state index in [1.54, 1.807) is 11.0 Å². The molecule has 0 saturated heterocycles. The first-order valence-electron chi connectivity index (χ1n) is 13.6. The molecule has 1 aliphatic heterocycles. The quantitative estimate of drug-likeness (QED) is 0.362. The number of aliphatic hydroxyl groups is 1. The molecular weight excluding hydrogens is 478 g/mol. The lowest BCUT2D eigenvalue weighted by molar-refractivity contribution is 0.0224. The Kier molecular flexibility index (Phi) is 7.62. The molecule has 2 amide bonds. The number of aryl methyl sites for hydroxylation is 2. The van der Waals surface area contributed by atoms with E-state index in [0.717, 1.165) is 46.1 Å². The molecule has 7 nitrogen and oxygen atoms in total. The number of nitrogens with zero attached hydrogens (tertiary/aromatic N) is 1. The number of nitrogens with two attached hydrogens (primary N) is 1. The lowest BCUT2D eigenvalue weighted by atomic mass is 9.87. The second-order valence-electron chi connectivity index (χ2n) is 12.0. The fraction of sp³-hybridized carbons (Fsp3) is 0.484. The molecule has 0 saturated carbocycles. The summed E-state index contributed by atoms with van der Waals surface area (Å²) >= 11 is 0. The maximum atomic E-state index is 12.7. The first-order valence-corrected chi connectivity index (χ1v) is 13.6. The molecule has 2 aromatic carbocycles. The van der Waals surface area contributed by atoms with Crippen molar-refractivity contribution in [2.45, 2.75) is 91.4 Å². The van der Waals surface area contributed by atoms with E-state index in [-0.39, 0.29) is 6.09 Å². The number of carbonyl (C=O) groups is 2. The predicted molar refractivity (Wildman–Crippen MR) is 151 cm³/mol. The van der Waals surface area contributed by atoms with E-state index >= 15 is 0 Å². The third-order valence-electron chi connectivity index (χ3n) is 7.11. The maximum Gasteiger partial charge on any atom is 0.410 e. The van der Waals surface area contributed by atoms with Crippen molar-refractivity contribution in [3.8, 4) is 11.1 Å². The van der Waals surface area contributed by atoms with E-state index in [9.17, 15) is 14.7 Å². The number of ether oxygens (including phenoxy) is 1. The summed E-state index contributed by atoms with van der Waals surface area (Å²) in [5.41, 5.74) is 12.4. The van der Waals surface area contributed by atoms with Crippen molar-refractivity contribution in [1.29, 1.82) is 0 Å². The fourth-order valence-electron chi connectivity index (χ4n) is 5.37. The number of carbonyl (C=O) groups excluding carboxylic acids is 2. The van der Waals surface area contributed by atoms with Gasteiger partial charge in [-0.15, -0.1) is 0 Å². The minimum Gasteiger partial charge on any atom is -0.444 e. The van der Waals surface area contributed by atoms with Crippen LogP contribution < -0.4 is 5.73 Å². The number of benzene rings is 2. The molecule has 0 radical (unpaired) electrons. The summed E-state index contributed by atoms with van der Waals surface area (Å²) < 4.78 is 5.61. The Morgan fingerprint density at radius 2 is 1.82 bits per heavy atom. The van der Waals surface area contributed by atoms with Crippen LogP contribution in [0.4, 0.5) is 4.79 Å². The predicted octanol–water partition coefficient (Wildman–Crippen LogP) is 5.88. The number of amides is 2. The summed E-state index contributed by atoms with van der Waals surface area (Å²) in [5, 5.41) is 11.4. The molecule has 7 heteroatoms. The highest BCUT2D eigenvalue weighted by Gasteiger charge is 2.28. The second-order valence-corrected chi connectivity index (χ2v) is 12.0. The van der Waals surface area contributed by atoms with E-state index in [0.29, 0.717) is 37.9 Å². The molecular formula is C31H41N3O4. The van der Waals surface area contributed by atoms with Gasteiger partial charge < -0.3 is 25.5 Å². The largest absolute Gasteiger partial charge is 0.444 e. The van der Waals surface area contributed by atoms with Crippen LogP contribution in [-0.2, 0) is 30.5 Å². The van der Waals surface area contributed by atoms with Gasteiger partial charge in [0, 0.05) is 24.2 Å². The van der Waals surface area contributed by atoms with Gasteiger partial charge in [-0.3, -0.25) is 4.79 Å². The summed E-state index contributed by atoms with van der Waals surface area (Å²) in [6.07, 6.45) is 3.47. The van der Waals surface area contributed by atoms with Crippen LogP contribution in [0.5, 0.6) is 0 Å². The Balaban J connectivity index is 1.83. The van der Waals surface area contributed by atoms with Crippen LogP contribution in [0.25, 0.3) is 22.0 Å². The SMILES string of the molecule is CCCc1c(CCC(C)(C)O)[nH]c2c(C(N)=O)ccc(-c3cccc4c3CCN(C(=O)OC(C)(C)C)C4)c12. The fourth-order valence-corrected chi connectivity index (χ4v) is 5.37. The highest BCUT2D eigenvalue weighted by atomic mass is 16.6. The molecule has 0 bridgehead atoms. The molecule has 38 heavy (non-hydrogen) atoms. The molecule has 2 heterocycles. The van der Waals surface area contributed by atoms with Crippen LogP contribution >= 0.6 is 0 Å². The van der Waals surface area contributed by atoms with Crippen molar-refractivity contribution in [2.24, 2.45) is 5.73 Å². The van der Waals surface area contributed by atoms with Gasteiger partial charge in [-0.05, 0) is 94.2 Å². The average Bonchev–Trinajstić information content (AvgIpc) is 3.18. The van der Waals surface area contributed by atoms with Crippen LogP contribution in [0, 0.1) is 0 Å². The van der Waals surface area contributed by atoms with Crippen molar-refractivity contribution < 1.29 is 19.4 Å². The summed E-state index contributed by atoms with van der Waals surface area (Å²) in [6.45, 7) is 12.5. The number of hydrogen-bond donors (Lipinski definition) is 3. The molecule has 0 aliphatic carbocycles. The number of primary amides is 1. The van der Waals surface area contributed by atoms with E-state index in [2.05, 4.69) is 24.0 Å².